The summed E-state index contributed by atoms with van der Waals surface area (Å²) in [6.45, 7) is 9.22. The molecule has 0 bridgehead atoms. The van der Waals surface area contributed by atoms with Crippen LogP contribution in [-0.4, -0.2) is 21.1 Å². The van der Waals surface area contributed by atoms with Crippen molar-refractivity contribution in [2.45, 2.75) is 58.5 Å². The summed E-state index contributed by atoms with van der Waals surface area (Å²) >= 11 is 0. The Hall–Kier alpha value is -2.69. The third-order valence-electron chi connectivity index (χ3n) is 5.60. The van der Waals surface area contributed by atoms with E-state index in [2.05, 4.69) is 52.1 Å². The van der Waals surface area contributed by atoms with Crippen molar-refractivity contribution in [2.75, 3.05) is 5.32 Å². The van der Waals surface area contributed by atoms with Gasteiger partial charge < -0.3 is 16.0 Å². The Balaban J connectivity index is 1.75. The predicted molar refractivity (Wildman–Crippen MR) is 113 cm³/mol. The molecule has 1 aromatic carbocycles. The van der Waals surface area contributed by atoms with Gasteiger partial charge in [-0.1, -0.05) is 32.4 Å². The van der Waals surface area contributed by atoms with Crippen molar-refractivity contribution in [3.8, 4) is 0 Å². The molecule has 0 saturated heterocycles. The largest absolute Gasteiger partial charge is 0.402 e. The summed E-state index contributed by atoms with van der Waals surface area (Å²) in [7, 11) is 0. The molecule has 2 heterocycles. The highest BCUT2D eigenvalue weighted by molar-refractivity contribution is 5.95. The first-order chi connectivity index (χ1) is 13.1. The number of nitrogens with zero attached hydrogens (tertiary/aromatic N) is 2. The second-order valence-corrected chi connectivity index (χ2v) is 7.72. The van der Waals surface area contributed by atoms with Crippen molar-refractivity contribution in [1.29, 1.82) is 0 Å². The normalized spacial score (nSPS) is 18.9. The van der Waals surface area contributed by atoms with Gasteiger partial charge in [-0.05, 0) is 50.0 Å². The Morgan fingerprint density at radius 1 is 1.37 bits per heavy atom. The van der Waals surface area contributed by atoms with Gasteiger partial charge in [0.1, 0.15) is 0 Å². The maximum absolute atomic E-state index is 5.94. The van der Waals surface area contributed by atoms with Gasteiger partial charge in [-0.2, -0.15) is 5.10 Å². The van der Waals surface area contributed by atoms with Crippen LogP contribution in [0.3, 0.4) is 0 Å². The Labute approximate surface area is 161 Å². The fourth-order valence-corrected chi connectivity index (χ4v) is 4.34. The average molecular weight is 364 g/mol. The van der Waals surface area contributed by atoms with Crippen LogP contribution in [0.4, 0.5) is 5.69 Å². The molecule has 4 rings (SSSR count). The van der Waals surface area contributed by atoms with E-state index in [0.717, 1.165) is 52.3 Å². The highest BCUT2D eigenvalue weighted by Gasteiger charge is 2.28. The van der Waals surface area contributed by atoms with E-state index in [1.165, 1.54) is 31.2 Å². The molecule has 0 unspecified atom stereocenters. The Kier molecular flexibility index (Phi) is 4.68. The van der Waals surface area contributed by atoms with Crippen molar-refractivity contribution >= 4 is 22.2 Å². The van der Waals surface area contributed by atoms with Gasteiger partial charge >= 0.3 is 0 Å². The van der Waals surface area contributed by atoms with Crippen LogP contribution >= 0.6 is 0 Å². The summed E-state index contributed by atoms with van der Waals surface area (Å²) in [5.74, 6) is 1.02. The van der Waals surface area contributed by atoms with Crippen LogP contribution in [0.1, 0.15) is 57.2 Å². The van der Waals surface area contributed by atoms with Crippen LogP contribution in [0, 0.1) is 0 Å². The van der Waals surface area contributed by atoms with E-state index in [0.29, 0.717) is 6.04 Å². The summed E-state index contributed by atoms with van der Waals surface area (Å²) in [5, 5.41) is 12.4. The fraction of sp³-hybridized carbons (Fsp3) is 0.409. The molecular weight excluding hydrogens is 334 g/mol. The molecule has 1 aliphatic heterocycles. The number of benzene rings is 1. The van der Waals surface area contributed by atoms with E-state index < -0.39 is 0 Å². The molecule has 5 heteroatoms. The number of anilines is 1. The molecule has 1 saturated carbocycles. The van der Waals surface area contributed by atoms with Gasteiger partial charge in [-0.15, -0.1) is 0 Å². The molecule has 142 valence electrons. The van der Waals surface area contributed by atoms with Gasteiger partial charge in [0.25, 0.3) is 0 Å². The Morgan fingerprint density at radius 2 is 2.15 bits per heavy atom. The zero-order chi connectivity index (χ0) is 19.0. The molecule has 1 aliphatic carbocycles. The quantitative estimate of drug-likeness (QED) is 0.679. The minimum absolute atomic E-state index is 0.607. The Morgan fingerprint density at radius 3 is 2.85 bits per heavy atom. The molecule has 0 amide bonds. The molecule has 27 heavy (non-hydrogen) atoms. The third-order valence-corrected chi connectivity index (χ3v) is 5.60. The number of rotatable bonds is 4. The number of allylic oxidation sites excluding steroid dienone is 4. The minimum Gasteiger partial charge on any atom is -0.402 e. The fourth-order valence-electron chi connectivity index (χ4n) is 4.34. The molecule has 0 radical (unpaired) electrons. The summed E-state index contributed by atoms with van der Waals surface area (Å²) in [4.78, 5) is 2.44. The highest BCUT2D eigenvalue weighted by Crippen LogP contribution is 2.36. The minimum atomic E-state index is 0.607. The van der Waals surface area contributed by atoms with Gasteiger partial charge in [-0.25, -0.2) is 0 Å². The lowest BCUT2D eigenvalue weighted by Crippen LogP contribution is -2.37. The van der Waals surface area contributed by atoms with Crippen molar-refractivity contribution in [3.05, 3.63) is 53.6 Å². The lowest BCUT2D eigenvalue weighted by atomic mass is 10.0. The predicted octanol–water partition coefficient (Wildman–Crippen LogP) is 4.86. The summed E-state index contributed by atoms with van der Waals surface area (Å²) in [6.07, 6.45) is 10.3. The summed E-state index contributed by atoms with van der Waals surface area (Å²) < 4.78 is 0. The standard InChI is InChI=1S/C22H29N5/c1-4-7-16(10-14(2)23)22-19-11-17-13-27(18-8-5-6-9-18)15(3)24-20(17)12-21(19)25-26-22/h7,10-12,18,24H,3-6,8-9,13,23H2,1-2H3,(H,25,26)/b14-10-,16-7+. The highest BCUT2D eigenvalue weighted by atomic mass is 15.3. The van der Waals surface area contributed by atoms with Crippen LogP contribution in [-0.2, 0) is 6.54 Å². The zero-order valence-corrected chi connectivity index (χ0v) is 16.3. The zero-order valence-electron chi connectivity index (χ0n) is 16.3. The molecule has 1 fully saturated rings. The summed E-state index contributed by atoms with van der Waals surface area (Å²) in [6, 6.07) is 5.03. The number of nitrogens with one attached hydrogen (secondary N) is 2. The molecule has 1 aromatic heterocycles. The van der Waals surface area contributed by atoms with Gasteiger partial charge in [0.2, 0.25) is 0 Å². The molecule has 5 nitrogen and oxygen atoms in total. The smallest absolute Gasteiger partial charge is 0.0997 e. The number of aromatic nitrogens is 2. The number of hydrogen-bond donors (Lipinski definition) is 3. The number of nitrogens with two attached hydrogens (primary N) is 1. The molecule has 4 N–H and O–H groups in total. The van der Waals surface area contributed by atoms with Gasteiger partial charge in [0, 0.05) is 34.9 Å². The second-order valence-electron chi connectivity index (χ2n) is 7.72. The average Bonchev–Trinajstić information content (AvgIpc) is 3.28. The monoisotopic (exact) mass is 363 g/mol. The van der Waals surface area contributed by atoms with Gasteiger partial charge in [-0.3, -0.25) is 5.10 Å². The number of H-pyrrole nitrogens is 1. The van der Waals surface area contributed by atoms with Crippen LogP contribution in [0.15, 0.2) is 42.4 Å². The van der Waals surface area contributed by atoms with Gasteiger partial charge in [0.15, 0.2) is 0 Å². The van der Waals surface area contributed by atoms with Crippen LogP contribution < -0.4 is 11.1 Å². The SMILES string of the molecule is C=C1Nc2cc3[nH]nc(C(/C=C(/C)N)=C/CC)c3cc2CN1C1CCCC1. The first-order valence-corrected chi connectivity index (χ1v) is 9.94. The Bertz CT molecular complexity index is 924. The van der Waals surface area contributed by atoms with E-state index in [1.807, 2.05) is 13.0 Å². The second kappa shape index (κ2) is 7.14. The summed E-state index contributed by atoms with van der Waals surface area (Å²) in [5.41, 5.74) is 12.2. The van der Waals surface area contributed by atoms with Crippen LogP contribution in [0.5, 0.6) is 0 Å². The van der Waals surface area contributed by atoms with Gasteiger partial charge in [0.05, 0.1) is 17.0 Å². The first-order valence-electron chi connectivity index (χ1n) is 9.94. The lowest BCUT2D eigenvalue weighted by Gasteiger charge is -2.37. The van der Waals surface area contributed by atoms with Crippen LogP contribution in [0.25, 0.3) is 16.5 Å². The lowest BCUT2D eigenvalue weighted by molar-refractivity contribution is 0.245. The van der Waals surface area contributed by atoms with Crippen molar-refractivity contribution in [2.24, 2.45) is 5.73 Å². The molecule has 2 aromatic rings. The van der Waals surface area contributed by atoms with E-state index in [9.17, 15) is 0 Å². The number of aromatic amines is 1. The maximum atomic E-state index is 5.94. The molecular formula is C22H29N5. The van der Waals surface area contributed by atoms with E-state index in [-0.39, 0.29) is 0 Å². The molecule has 0 spiro atoms. The van der Waals surface area contributed by atoms with E-state index in [1.54, 1.807) is 0 Å². The molecule has 2 aliphatic rings. The topological polar surface area (TPSA) is 70.0 Å². The number of fused-ring (bicyclic) bond motifs is 2. The first kappa shape index (κ1) is 17.7. The van der Waals surface area contributed by atoms with E-state index in [4.69, 9.17) is 5.73 Å². The maximum Gasteiger partial charge on any atom is 0.0997 e. The van der Waals surface area contributed by atoms with Crippen molar-refractivity contribution in [3.63, 3.8) is 0 Å². The number of hydrogen-bond acceptors (Lipinski definition) is 4. The van der Waals surface area contributed by atoms with Crippen LogP contribution in [0.2, 0.25) is 0 Å². The van der Waals surface area contributed by atoms with Crippen molar-refractivity contribution in [1.82, 2.24) is 15.1 Å². The van der Waals surface area contributed by atoms with E-state index >= 15 is 0 Å². The third kappa shape index (κ3) is 3.34. The molecule has 0 atom stereocenters. The van der Waals surface area contributed by atoms with Crippen molar-refractivity contribution < 1.29 is 0 Å².